The van der Waals surface area contributed by atoms with Crippen molar-refractivity contribution in [3.63, 3.8) is 0 Å². The van der Waals surface area contributed by atoms with Crippen LogP contribution in [0.25, 0.3) is 0 Å². The van der Waals surface area contributed by atoms with Gasteiger partial charge in [0.2, 0.25) is 0 Å². The molecule has 0 aliphatic heterocycles. The molecule has 0 aromatic heterocycles. The zero-order valence-corrected chi connectivity index (χ0v) is 5.41. The molecule has 1 atom stereocenters. The third-order valence-corrected chi connectivity index (χ3v) is 1.47. The SMILES string of the molecule is [2H]N[C@H](C=O)CP(=O)(O)O. The highest BCUT2D eigenvalue weighted by molar-refractivity contribution is 7.51. The smallest absolute Gasteiger partial charge is 0.324 e. The predicted molar refractivity (Wildman–Crippen MR) is 31.0 cm³/mol. The minimum Gasteiger partial charge on any atom is -0.324 e. The maximum absolute atomic E-state index is 10.2. The van der Waals surface area contributed by atoms with Crippen LogP contribution < -0.4 is 5.73 Å². The topological polar surface area (TPSA) is 101 Å². The average Bonchev–Trinajstić information content (AvgIpc) is 1.81. The second-order valence-corrected chi connectivity index (χ2v) is 3.28. The number of rotatable bonds is 4. The summed E-state index contributed by atoms with van der Waals surface area (Å²) in [6.07, 6.45) is -0.341. The minimum atomic E-state index is -4.17. The van der Waals surface area contributed by atoms with E-state index in [9.17, 15) is 9.36 Å². The molecule has 0 rings (SSSR count). The van der Waals surface area contributed by atoms with Crippen molar-refractivity contribution in [2.45, 2.75) is 6.04 Å². The molecule has 0 aliphatic rings. The Bertz CT molecular complexity index is 157. The van der Waals surface area contributed by atoms with Crippen LogP contribution in [0, 0.1) is 0 Å². The van der Waals surface area contributed by atoms with Crippen molar-refractivity contribution in [2.75, 3.05) is 6.16 Å². The van der Waals surface area contributed by atoms with Gasteiger partial charge in [-0.05, 0) is 0 Å². The maximum Gasteiger partial charge on any atom is 0.327 e. The van der Waals surface area contributed by atoms with Crippen LogP contribution in [0.1, 0.15) is 0 Å². The van der Waals surface area contributed by atoms with E-state index in [1.54, 1.807) is 5.73 Å². The first-order valence-corrected chi connectivity index (χ1v) is 3.96. The molecular formula is C3H8NO4P. The van der Waals surface area contributed by atoms with Crippen molar-refractivity contribution >= 4 is 13.9 Å². The molecule has 0 amide bonds. The second kappa shape index (κ2) is 3.08. The fraction of sp³-hybridized carbons (Fsp3) is 0.667. The molecule has 0 radical (unpaired) electrons. The summed E-state index contributed by atoms with van der Waals surface area (Å²) in [5, 5.41) is 0. The van der Waals surface area contributed by atoms with Crippen molar-refractivity contribution in [2.24, 2.45) is 5.73 Å². The van der Waals surface area contributed by atoms with E-state index in [0.717, 1.165) is 0 Å². The zero-order chi connectivity index (χ0) is 8.20. The molecule has 9 heavy (non-hydrogen) atoms. The summed E-state index contributed by atoms with van der Waals surface area (Å²) in [5.41, 5.74) is 1.70. The number of carbonyl (C=O) groups is 1. The zero-order valence-electron chi connectivity index (χ0n) is 5.52. The van der Waals surface area contributed by atoms with Gasteiger partial charge >= 0.3 is 7.60 Å². The van der Waals surface area contributed by atoms with Crippen LogP contribution >= 0.6 is 7.60 Å². The van der Waals surface area contributed by atoms with Gasteiger partial charge in [-0.25, -0.2) is 0 Å². The van der Waals surface area contributed by atoms with Crippen molar-refractivity contribution in [1.29, 1.82) is 0 Å². The Morgan fingerprint density at radius 1 is 1.89 bits per heavy atom. The van der Waals surface area contributed by atoms with Gasteiger partial charge in [0.25, 0.3) is 0 Å². The summed E-state index contributed by atoms with van der Waals surface area (Å²) in [5.74, 6) is 0. The molecule has 0 aromatic carbocycles. The Kier molecular flexibility index (Phi) is 2.36. The highest BCUT2D eigenvalue weighted by Gasteiger charge is 2.17. The molecule has 0 fully saturated rings. The van der Waals surface area contributed by atoms with Crippen LogP contribution in [0.5, 0.6) is 0 Å². The fourth-order valence-corrected chi connectivity index (χ4v) is 0.898. The number of aldehydes is 1. The number of hydrogen-bond donors (Lipinski definition) is 3. The van der Waals surface area contributed by atoms with Gasteiger partial charge in [0.1, 0.15) is 7.70 Å². The van der Waals surface area contributed by atoms with Crippen LogP contribution in [-0.2, 0) is 9.36 Å². The standard InChI is InChI=1S/C3H8NO4P/c4-3(1-5)2-9(6,7)8/h1,3H,2,4H2,(H2,6,7,8)/t3-/m1/s1/i/hD. The Hall–Kier alpha value is -0.220. The molecule has 0 saturated heterocycles. The molecule has 0 heterocycles. The van der Waals surface area contributed by atoms with Crippen molar-refractivity contribution in [1.82, 2.24) is 0 Å². The van der Waals surface area contributed by atoms with E-state index < -0.39 is 19.8 Å². The van der Waals surface area contributed by atoms with E-state index in [1.165, 1.54) is 0 Å². The third-order valence-electron chi connectivity index (χ3n) is 0.599. The highest BCUT2D eigenvalue weighted by Crippen LogP contribution is 2.33. The van der Waals surface area contributed by atoms with E-state index in [-0.39, 0.29) is 6.29 Å². The molecule has 0 unspecified atom stereocenters. The summed E-state index contributed by atoms with van der Waals surface area (Å²) in [4.78, 5) is 26.4. The second-order valence-electron chi connectivity index (χ2n) is 1.59. The molecule has 6 heteroatoms. The van der Waals surface area contributed by atoms with Crippen LogP contribution in [-0.4, -0.2) is 28.3 Å². The maximum atomic E-state index is 10.2. The largest absolute Gasteiger partial charge is 0.327 e. The van der Waals surface area contributed by atoms with Crippen molar-refractivity contribution in [3.05, 3.63) is 0 Å². The monoisotopic (exact) mass is 154 g/mol. The Morgan fingerprint density at radius 3 is 2.56 bits per heavy atom. The van der Waals surface area contributed by atoms with E-state index in [2.05, 4.69) is 0 Å². The van der Waals surface area contributed by atoms with Crippen LogP contribution in [0.3, 0.4) is 0 Å². The van der Waals surface area contributed by atoms with E-state index in [0.29, 0.717) is 0 Å². The predicted octanol–water partition coefficient (Wildman–Crippen LogP) is -1.31. The van der Waals surface area contributed by atoms with Gasteiger partial charge < -0.3 is 20.3 Å². The van der Waals surface area contributed by atoms with Gasteiger partial charge in [-0.15, -0.1) is 0 Å². The Labute approximate surface area is 53.5 Å². The highest BCUT2D eigenvalue weighted by atomic mass is 31.2. The fourth-order valence-electron chi connectivity index (χ4n) is 0.299. The number of carbonyl (C=O) groups excluding carboxylic acids is 1. The summed E-state index contributed by atoms with van der Waals surface area (Å²) in [6, 6.07) is -1.08. The lowest BCUT2D eigenvalue weighted by molar-refractivity contribution is -0.108. The lowest BCUT2D eigenvalue weighted by atomic mass is 10.4. The van der Waals surface area contributed by atoms with Gasteiger partial charge in [-0.1, -0.05) is 0 Å². The van der Waals surface area contributed by atoms with Gasteiger partial charge in [0, 0.05) is 0 Å². The summed E-state index contributed by atoms with van der Waals surface area (Å²) >= 11 is 0. The molecule has 0 saturated carbocycles. The van der Waals surface area contributed by atoms with Crippen molar-refractivity contribution < 1.29 is 20.6 Å². The van der Waals surface area contributed by atoms with Crippen LogP contribution in [0.15, 0.2) is 0 Å². The normalized spacial score (nSPS) is 16.4. The first-order valence-electron chi connectivity index (χ1n) is 2.66. The number of hydrogen-bond acceptors (Lipinski definition) is 3. The average molecular weight is 154 g/mol. The molecular weight excluding hydrogens is 145 g/mol. The van der Waals surface area contributed by atoms with Crippen LogP contribution in [0.4, 0.5) is 0 Å². The third kappa shape index (κ3) is 5.65. The molecule has 5 nitrogen and oxygen atoms in total. The van der Waals surface area contributed by atoms with Gasteiger partial charge in [0.15, 0.2) is 0 Å². The summed E-state index contributed by atoms with van der Waals surface area (Å²) in [7, 11) is -4.17. The molecule has 0 spiro atoms. The quantitative estimate of drug-likeness (QED) is 0.344. The summed E-state index contributed by atoms with van der Waals surface area (Å²) < 4.78 is 16.6. The molecule has 0 bridgehead atoms. The first kappa shape index (κ1) is 6.89. The van der Waals surface area contributed by atoms with E-state index in [4.69, 9.17) is 11.2 Å². The molecule has 4 N–H and O–H groups in total. The van der Waals surface area contributed by atoms with E-state index in [1.807, 2.05) is 0 Å². The van der Waals surface area contributed by atoms with E-state index >= 15 is 0 Å². The van der Waals surface area contributed by atoms with Gasteiger partial charge in [-0.2, -0.15) is 0 Å². The molecule has 0 aromatic rings. The molecule has 54 valence electrons. The van der Waals surface area contributed by atoms with Crippen LogP contribution in [0.2, 0.25) is 1.41 Å². The Morgan fingerprint density at radius 2 is 2.44 bits per heavy atom. The van der Waals surface area contributed by atoms with Gasteiger partial charge in [0.05, 0.1) is 12.2 Å². The molecule has 0 aliphatic carbocycles. The Balaban J connectivity index is 3.86. The first-order chi connectivity index (χ1) is 4.49. The van der Waals surface area contributed by atoms with Crippen molar-refractivity contribution in [3.8, 4) is 0 Å². The minimum absolute atomic E-state index is 0.284. The van der Waals surface area contributed by atoms with Gasteiger partial charge in [-0.3, -0.25) is 4.57 Å². The lowest BCUT2D eigenvalue weighted by Crippen LogP contribution is -2.25. The summed E-state index contributed by atoms with van der Waals surface area (Å²) in [6.45, 7) is 0. The number of nitrogens with two attached hydrogens (primary N) is 1. The lowest BCUT2D eigenvalue weighted by Gasteiger charge is -2.03.